The van der Waals surface area contributed by atoms with E-state index in [0.29, 0.717) is 12.0 Å². The number of hydrogen-bond acceptors (Lipinski definition) is 4. The smallest absolute Gasteiger partial charge is 0.258 e. The van der Waals surface area contributed by atoms with E-state index in [4.69, 9.17) is 11.6 Å². The van der Waals surface area contributed by atoms with Crippen LogP contribution in [0.4, 0.5) is 5.69 Å². The Morgan fingerprint density at radius 3 is 2.37 bits per heavy atom. The van der Waals surface area contributed by atoms with E-state index >= 15 is 0 Å². The van der Waals surface area contributed by atoms with Gasteiger partial charge in [0.25, 0.3) is 5.69 Å². The quantitative estimate of drug-likeness (QED) is 0.476. The minimum Gasteiger partial charge on any atom is -0.258 e. The highest BCUT2D eigenvalue weighted by molar-refractivity contribution is 7.90. The molecule has 0 aliphatic rings. The van der Waals surface area contributed by atoms with E-state index in [-0.39, 0.29) is 21.9 Å². The van der Waals surface area contributed by atoms with Gasteiger partial charge in [-0.15, -0.1) is 11.6 Å². The average molecular weight is 306 g/mol. The van der Waals surface area contributed by atoms with Gasteiger partial charge in [-0.05, 0) is 19.4 Å². The fourth-order valence-electron chi connectivity index (χ4n) is 2.13. The Balaban J connectivity index is 3.62. The van der Waals surface area contributed by atoms with Gasteiger partial charge in [-0.25, -0.2) is 8.42 Å². The third kappa shape index (κ3) is 3.45. The highest BCUT2D eigenvalue weighted by Crippen LogP contribution is 2.37. The highest BCUT2D eigenvalue weighted by atomic mass is 35.5. The summed E-state index contributed by atoms with van der Waals surface area (Å²) < 4.78 is 23.3. The Morgan fingerprint density at radius 2 is 2.00 bits per heavy atom. The fraction of sp³-hybridized carbons (Fsp3) is 0.500. The molecule has 0 spiro atoms. The molecule has 0 aromatic heterocycles. The van der Waals surface area contributed by atoms with Gasteiger partial charge in [-0.3, -0.25) is 10.1 Å². The number of alkyl halides is 1. The van der Waals surface area contributed by atoms with Crippen LogP contribution in [0.2, 0.25) is 0 Å². The Hall–Kier alpha value is -1.14. The lowest BCUT2D eigenvalue weighted by molar-refractivity contribution is -0.388. The van der Waals surface area contributed by atoms with E-state index in [1.807, 2.05) is 6.92 Å². The van der Waals surface area contributed by atoms with E-state index in [1.165, 1.54) is 12.1 Å². The number of sulfone groups is 1. The minimum absolute atomic E-state index is 0.259. The SMILES string of the molecule is CCC(c1cccc(S(C)(=O)=O)c1[N+](=O)[O-])C(C)Cl. The first-order valence-corrected chi connectivity index (χ1v) is 8.14. The molecule has 5 nitrogen and oxygen atoms in total. The summed E-state index contributed by atoms with van der Waals surface area (Å²) >= 11 is 6.05. The molecule has 2 unspecified atom stereocenters. The summed E-state index contributed by atoms with van der Waals surface area (Å²) in [6.45, 7) is 3.60. The summed E-state index contributed by atoms with van der Waals surface area (Å²) in [6, 6.07) is 4.34. The van der Waals surface area contributed by atoms with Crippen LogP contribution in [0.5, 0.6) is 0 Å². The molecule has 0 N–H and O–H groups in total. The lowest BCUT2D eigenvalue weighted by Gasteiger charge is -2.18. The van der Waals surface area contributed by atoms with Gasteiger partial charge in [0.05, 0.1) is 4.92 Å². The van der Waals surface area contributed by atoms with Crippen LogP contribution in [-0.4, -0.2) is 25.0 Å². The maximum absolute atomic E-state index is 11.7. The van der Waals surface area contributed by atoms with Gasteiger partial charge in [0.2, 0.25) is 0 Å². The van der Waals surface area contributed by atoms with Crippen molar-refractivity contribution in [1.82, 2.24) is 0 Å². The molecule has 0 aliphatic heterocycles. The van der Waals surface area contributed by atoms with Gasteiger partial charge in [0, 0.05) is 23.1 Å². The monoisotopic (exact) mass is 305 g/mol. The number of nitro groups is 1. The third-order valence-electron chi connectivity index (χ3n) is 3.01. The Labute approximate surface area is 117 Å². The zero-order valence-corrected chi connectivity index (χ0v) is 12.5. The Bertz CT molecular complexity index is 583. The fourth-order valence-corrected chi connectivity index (χ4v) is 3.31. The molecule has 0 bridgehead atoms. The zero-order chi connectivity index (χ0) is 14.8. The molecular formula is C12H16ClNO4S. The molecule has 1 rings (SSSR count). The first-order chi connectivity index (χ1) is 8.70. The minimum atomic E-state index is -3.65. The first-order valence-electron chi connectivity index (χ1n) is 5.81. The number of nitro benzene ring substituents is 1. The molecule has 106 valence electrons. The van der Waals surface area contributed by atoms with Crippen molar-refractivity contribution in [2.24, 2.45) is 0 Å². The highest BCUT2D eigenvalue weighted by Gasteiger charge is 2.30. The normalized spacial score (nSPS) is 14.9. The standard InChI is InChI=1S/C12H16ClNO4S/c1-4-9(8(2)13)10-6-5-7-11(19(3,17)18)12(10)14(15)16/h5-9H,4H2,1-3H3. The number of rotatable bonds is 5. The second-order valence-corrected chi connectivity index (χ2v) is 7.09. The number of benzene rings is 1. The maximum Gasteiger partial charge on any atom is 0.291 e. The van der Waals surface area contributed by atoms with Crippen molar-refractivity contribution in [1.29, 1.82) is 0 Å². The predicted octanol–water partition coefficient (Wildman–Crippen LogP) is 3.12. The van der Waals surface area contributed by atoms with E-state index in [2.05, 4.69) is 0 Å². The van der Waals surface area contributed by atoms with E-state index < -0.39 is 14.8 Å². The molecule has 0 saturated heterocycles. The molecule has 1 aromatic carbocycles. The number of nitrogens with zero attached hydrogens (tertiary/aromatic N) is 1. The van der Waals surface area contributed by atoms with E-state index in [9.17, 15) is 18.5 Å². The third-order valence-corrected chi connectivity index (χ3v) is 4.44. The summed E-state index contributed by atoms with van der Waals surface area (Å²) in [6.07, 6.45) is 1.56. The van der Waals surface area contributed by atoms with Crippen LogP contribution in [0, 0.1) is 10.1 Å². The van der Waals surface area contributed by atoms with Gasteiger partial charge in [-0.1, -0.05) is 19.1 Å². The second-order valence-electron chi connectivity index (χ2n) is 4.42. The largest absolute Gasteiger partial charge is 0.291 e. The van der Waals surface area contributed by atoms with Crippen molar-refractivity contribution in [3.63, 3.8) is 0 Å². The van der Waals surface area contributed by atoms with Gasteiger partial charge in [-0.2, -0.15) is 0 Å². The van der Waals surface area contributed by atoms with Crippen LogP contribution in [0.25, 0.3) is 0 Å². The summed E-state index contributed by atoms with van der Waals surface area (Å²) in [5.74, 6) is -0.260. The van der Waals surface area contributed by atoms with Gasteiger partial charge in [0.15, 0.2) is 9.84 Å². The van der Waals surface area contributed by atoms with E-state index in [0.717, 1.165) is 6.26 Å². The van der Waals surface area contributed by atoms with Crippen molar-refractivity contribution in [3.05, 3.63) is 33.9 Å². The topological polar surface area (TPSA) is 77.3 Å². The summed E-state index contributed by atoms with van der Waals surface area (Å²) in [5.41, 5.74) is 0.0160. The van der Waals surface area contributed by atoms with Crippen LogP contribution in [0.3, 0.4) is 0 Å². The molecule has 0 saturated carbocycles. The molecule has 0 aliphatic carbocycles. The van der Waals surface area contributed by atoms with E-state index in [1.54, 1.807) is 13.0 Å². The molecule has 1 aromatic rings. The second kappa shape index (κ2) is 5.88. The summed E-state index contributed by atoms with van der Waals surface area (Å²) in [7, 11) is -3.65. The molecule has 0 amide bonds. The van der Waals surface area contributed by atoms with Crippen molar-refractivity contribution >= 4 is 27.1 Å². The Morgan fingerprint density at radius 1 is 1.42 bits per heavy atom. The van der Waals surface area contributed by atoms with Gasteiger partial charge >= 0.3 is 0 Å². The van der Waals surface area contributed by atoms with Crippen molar-refractivity contribution in [2.75, 3.05) is 6.26 Å². The Kier molecular flexibility index (Phi) is 4.92. The predicted molar refractivity (Wildman–Crippen MR) is 74.6 cm³/mol. The summed E-state index contributed by atoms with van der Waals surface area (Å²) in [4.78, 5) is 10.3. The molecule has 0 radical (unpaired) electrons. The number of halogens is 1. The average Bonchev–Trinajstić information content (AvgIpc) is 2.27. The van der Waals surface area contributed by atoms with Crippen LogP contribution >= 0.6 is 11.6 Å². The lowest BCUT2D eigenvalue weighted by Crippen LogP contribution is -2.13. The molecule has 0 heterocycles. The molecular weight excluding hydrogens is 290 g/mol. The zero-order valence-electron chi connectivity index (χ0n) is 11.0. The van der Waals surface area contributed by atoms with Crippen molar-refractivity contribution in [3.8, 4) is 0 Å². The number of para-hydroxylation sites is 1. The van der Waals surface area contributed by atoms with Crippen LogP contribution in [0.1, 0.15) is 31.7 Å². The van der Waals surface area contributed by atoms with Crippen molar-refractivity contribution < 1.29 is 13.3 Å². The maximum atomic E-state index is 11.7. The lowest BCUT2D eigenvalue weighted by atomic mass is 9.92. The van der Waals surface area contributed by atoms with Crippen molar-refractivity contribution in [2.45, 2.75) is 36.5 Å². The van der Waals surface area contributed by atoms with Crippen LogP contribution in [-0.2, 0) is 9.84 Å². The molecule has 2 atom stereocenters. The van der Waals surface area contributed by atoms with Crippen LogP contribution < -0.4 is 0 Å². The van der Waals surface area contributed by atoms with Gasteiger partial charge in [0.1, 0.15) is 4.90 Å². The molecule has 7 heteroatoms. The summed E-state index contributed by atoms with van der Waals surface area (Å²) in [5, 5.41) is 10.9. The first kappa shape index (κ1) is 15.9. The van der Waals surface area contributed by atoms with Gasteiger partial charge < -0.3 is 0 Å². The molecule has 19 heavy (non-hydrogen) atoms. The molecule has 0 fully saturated rings. The number of hydrogen-bond donors (Lipinski definition) is 0. The van der Waals surface area contributed by atoms with Crippen LogP contribution in [0.15, 0.2) is 23.1 Å².